The minimum absolute atomic E-state index is 0. The van der Waals surface area contributed by atoms with Gasteiger partial charge in [-0.15, -0.1) is 24.8 Å². The van der Waals surface area contributed by atoms with Gasteiger partial charge in [-0.25, -0.2) is 9.97 Å². The van der Waals surface area contributed by atoms with Gasteiger partial charge in [-0.2, -0.15) is 0 Å². The molecule has 1 saturated heterocycles. The highest BCUT2D eigenvalue weighted by atomic mass is 35.5. The summed E-state index contributed by atoms with van der Waals surface area (Å²) in [5, 5.41) is 5.00. The molecule has 0 aliphatic carbocycles. The Kier molecular flexibility index (Phi) is 7.59. The van der Waals surface area contributed by atoms with E-state index >= 15 is 0 Å². The highest BCUT2D eigenvalue weighted by molar-refractivity contribution is 6.33. The molecular weight excluding hydrogens is 407 g/mol. The molecule has 0 unspecified atom stereocenters. The van der Waals surface area contributed by atoms with Crippen molar-refractivity contribution in [2.24, 2.45) is 5.73 Å². The maximum atomic E-state index is 6.51. The number of hydrogen-bond acceptors (Lipinski definition) is 6. The first-order valence-electron chi connectivity index (χ1n) is 8.32. The van der Waals surface area contributed by atoms with E-state index in [0.717, 1.165) is 59.9 Å². The maximum absolute atomic E-state index is 6.51. The van der Waals surface area contributed by atoms with E-state index in [-0.39, 0.29) is 24.8 Å². The summed E-state index contributed by atoms with van der Waals surface area (Å²) in [6.07, 6.45) is 3.42. The molecule has 3 heterocycles. The first-order chi connectivity index (χ1) is 12.2. The lowest BCUT2D eigenvalue weighted by atomic mass is 10.1. The Hall–Kier alpha value is -1.70. The molecule has 3 N–H and O–H groups in total. The van der Waals surface area contributed by atoms with Gasteiger partial charge in [0.15, 0.2) is 0 Å². The zero-order chi connectivity index (χ0) is 17.2. The Labute approximate surface area is 175 Å². The maximum Gasteiger partial charge on any atom is 0.148 e. The summed E-state index contributed by atoms with van der Waals surface area (Å²) in [5.41, 5.74) is 9.12. The predicted octanol–water partition coefficient (Wildman–Crippen LogP) is 3.06. The van der Waals surface area contributed by atoms with Crippen LogP contribution < -0.4 is 16.0 Å². The summed E-state index contributed by atoms with van der Waals surface area (Å²) in [6.45, 7) is 4.10. The van der Waals surface area contributed by atoms with Crippen LogP contribution in [0.1, 0.15) is 5.69 Å². The van der Waals surface area contributed by atoms with Crippen molar-refractivity contribution in [1.29, 1.82) is 0 Å². The van der Waals surface area contributed by atoms with Crippen LogP contribution in [0.15, 0.2) is 36.7 Å². The molecule has 1 fully saturated rings. The van der Waals surface area contributed by atoms with Gasteiger partial charge in [-0.3, -0.25) is 4.98 Å². The van der Waals surface area contributed by atoms with Crippen LogP contribution in [0.5, 0.6) is 0 Å². The standard InChI is InChI=1S/C18H19ClN6.2ClH/c19-15-8-13-7-12(17-11-22-10-14(9-20)23-17)1-2-16(13)24-18(15)25-5-3-21-4-6-25;;/h1-2,7-8,10-11,21H,3-6,9,20H2;2*1H. The third-order valence-corrected chi connectivity index (χ3v) is 4.63. The second-order valence-corrected chi connectivity index (χ2v) is 6.45. The van der Waals surface area contributed by atoms with Crippen LogP contribution in [-0.4, -0.2) is 41.1 Å². The fraction of sp³-hybridized carbons (Fsp3) is 0.278. The molecular formula is C18H21Cl3N6. The first-order valence-corrected chi connectivity index (χ1v) is 8.70. The van der Waals surface area contributed by atoms with E-state index in [1.54, 1.807) is 12.4 Å². The number of benzene rings is 1. The second kappa shape index (κ2) is 9.48. The van der Waals surface area contributed by atoms with E-state index < -0.39 is 0 Å². The summed E-state index contributed by atoms with van der Waals surface area (Å²) in [4.78, 5) is 15.7. The third-order valence-electron chi connectivity index (χ3n) is 4.36. The van der Waals surface area contributed by atoms with E-state index in [1.807, 2.05) is 24.3 Å². The molecule has 6 nitrogen and oxygen atoms in total. The molecule has 0 bridgehead atoms. The van der Waals surface area contributed by atoms with Gasteiger partial charge in [-0.05, 0) is 18.2 Å². The first kappa shape index (κ1) is 21.6. The average Bonchev–Trinajstić information content (AvgIpc) is 2.67. The Morgan fingerprint density at radius 3 is 2.59 bits per heavy atom. The zero-order valence-corrected chi connectivity index (χ0v) is 16.9. The van der Waals surface area contributed by atoms with Crippen molar-refractivity contribution in [3.63, 3.8) is 0 Å². The molecule has 2 aromatic heterocycles. The molecule has 4 rings (SSSR count). The van der Waals surface area contributed by atoms with Gasteiger partial charge in [0.25, 0.3) is 0 Å². The molecule has 144 valence electrons. The smallest absolute Gasteiger partial charge is 0.148 e. The molecule has 0 amide bonds. The molecule has 1 aliphatic heterocycles. The zero-order valence-electron chi connectivity index (χ0n) is 14.6. The van der Waals surface area contributed by atoms with Crippen LogP contribution in [0, 0.1) is 0 Å². The topological polar surface area (TPSA) is 80.0 Å². The lowest BCUT2D eigenvalue weighted by Crippen LogP contribution is -2.44. The van der Waals surface area contributed by atoms with Crippen molar-refractivity contribution in [1.82, 2.24) is 20.3 Å². The number of pyridine rings is 1. The summed E-state index contributed by atoms with van der Waals surface area (Å²) in [6, 6.07) is 8.03. The van der Waals surface area contributed by atoms with Gasteiger partial charge in [0.2, 0.25) is 0 Å². The quantitative estimate of drug-likeness (QED) is 0.669. The van der Waals surface area contributed by atoms with Gasteiger partial charge in [0.1, 0.15) is 5.82 Å². The average molecular weight is 428 g/mol. The molecule has 1 aliphatic rings. The van der Waals surface area contributed by atoms with Gasteiger partial charge in [0.05, 0.1) is 28.1 Å². The summed E-state index contributed by atoms with van der Waals surface area (Å²) < 4.78 is 0. The molecule has 0 saturated carbocycles. The van der Waals surface area contributed by atoms with E-state index in [9.17, 15) is 0 Å². The SMILES string of the molecule is Cl.Cl.NCc1cncc(-c2ccc3nc(N4CCNCC4)c(Cl)cc3c2)n1. The number of piperazine rings is 1. The normalized spacial score (nSPS) is 13.8. The van der Waals surface area contributed by atoms with Gasteiger partial charge in [-0.1, -0.05) is 17.7 Å². The van der Waals surface area contributed by atoms with Crippen molar-refractivity contribution in [2.75, 3.05) is 31.1 Å². The fourth-order valence-corrected chi connectivity index (χ4v) is 3.32. The molecule has 27 heavy (non-hydrogen) atoms. The van der Waals surface area contributed by atoms with Gasteiger partial charge in [0, 0.05) is 49.9 Å². The van der Waals surface area contributed by atoms with E-state index in [1.165, 1.54) is 0 Å². The number of nitrogens with one attached hydrogen (secondary N) is 1. The Bertz CT molecular complexity index is 915. The van der Waals surface area contributed by atoms with Crippen LogP contribution in [0.4, 0.5) is 5.82 Å². The number of rotatable bonds is 3. The second-order valence-electron chi connectivity index (χ2n) is 6.04. The number of halogens is 3. The Morgan fingerprint density at radius 1 is 1.07 bits per heavy atom. The van der Waals surface area contributed by atoms with Crippen molar-refractivity contribution < 1.29 is 0 Å². The number of aromatic nitrogens is 3. The van der Waals surface area contributed by atoms with E-state index in [4.69, 9.17) is 22.3 Å². The van der Waals surface area contributed by atoms with Gasteiger partial charge < -0.3 is 16.0 Å². The van der Waals surface area contributed by atoms with Crippen molar-refractivity contribution in [3.8, 4) is 11.3 Å². The van der Waals surface area contributed by atoms with Gasteiger partial charge >= 0.3 is 0 Å². The molecule has 0 radical (unpaired) electrons. The summed E-state index contributed by atoms with van der Waals surface area (Å²) in [5.74, 6) is 0.855. The lowest BCUT2D eigenvalue weighted by molar-refractivity contribution is 0.585. The van der Waals surface area contributed by atoms with Crippen molar-refractivity contribution in [2.45, 2.75) is 6.54 Å². The highest BCUT2D eigenvalue weighted by Gasteiger charge is 2.16. The molecule has 0 atom stereocenters. The molecule has 3 aromatic rings. The number of hydrogen-bond donors (Lipinski definition) is 2. The molecule has 0 spiro atoms. The fourth-order valence-electron chi connectivity index (χ4n) is 3.04. The number of fused-ring (bicyclic) bond motifs is 1. The minimum atomic E-state index is 0. The van der Waals surface area contributed by atoms with Crippen LogP contribution in [0.2, 0.25) is 5.02 Å². The number of nitrogens with zero attached hydrogens (tertiary/aromatic N) is 4. The van der Waals surface area contributed by atoms with Crippen molar-refractivity contribution >= 4 is 53.1 Å². The largest absolute Gasteiger partial charge is 0.353 e. The van der Waals surface area contributed by atoms with Crippen LogP contribution >= 0.6 is 36.4 Å². The highest BCUT2D eigenvalue weighted by Crippen LogP contribution is 2.30. The lowest BCUT2D eigenvalue weighted by Gasteiger charge is -2.29. The summed E-state index contributed by atoms with van der Waals surface area (Å²) >= 11 is 6.51. The third kappa shape index (κ3) is 4.59. The van der Waals surface area contributed by atoms with Crippen molar-refractivity contribution in [3.05, 3.63) is 47.4 Å². The summed E-state index contributed by atoms with van der Waals surface area (Å²) in [7, 11) is 0. The molecule has 1 aromatic carbocycles. The Balaban J connectivity index is 0.00000131. The molecule has 9 heteroatoms. The van der Waals surface area contributed by atoms with Crippen LogP contribution in [0.25, 0.3) is 22.2 Å². The monoisotopic (exact) mass is 426 g/mol. The number of anilines is 1. The minimum Gasteiger partial charge on any atom is -0.353 e. The van der Waals surface area contributed by atoms with Crippen LogP contribution in [0.3, 0.4) is 0 Å². The van der Waals surface area contributed by atoms with E-state index in [2.05, 4.69) is 20.2 Å². The van der Waals surface area contributed by atoms with Crippen LogP contribution in [-0.2, 0) is 6.54 Å². The number of nitrogens with two attached hydrogens (primary N) is 1. The Morgan fingerprint density at radius 2 is 1.85 bits per heavy atom. The predicted molar refractivity (Wildman–Crippen MR) is 115 cm³/mol. The van der Waals surface area contributed by atoms with E-state index in [0.29, 0.717) is 11.6 Å².